The molecule has 1 aliphatic rings. The highest BCUT2D eigenvalue weighted by molar-refractivity contribution is 5.72. The Morgan fingerprint density at radius 2 is 1.64 bits per heavy atom. The van der Waals surface area contributed by atoms with Crippen LogP contribution in [0.1, 0.15) is 33.1 Å². The highest BCUT2D eigenvalue weighted by Gasteiger charge is 2.28. The van der Waals surface area contributed by atoms with Crippen molar-refractivity contribution in [3.8, 4) is 0 Å². The van der Waals surface area contributed by atoms with Gasteiger partial charge in [0, 0.05) is 14.2 Å². The fraction of sp³-hybridized carbons (Fsp3) is 0.900. The minimum atomic E-state index is -0.630. The molecule has 4 heteroatoms. The fourth-order valence-corrected chi connectivity index (χ4v) is 0.448. The Morgan fingerprint density at radius 3 is 1.64 bits per heavy atom. The predicted octanol–water partition coefficient (Wildman–Crippen LogP) is 2.13. The highest BCUT2D eigenvalue weighted by Crippen LogP contribution is 2.28. The molecule has 0 atom stereocenters. The first kappa shape index (κ1) is 15.8. The lowest BCUT2D eigenvalue weighted by atomic mass is 10.5. The summed E-state index contributed by atoms with van der Waals surface area (Å²) in [6.45, 7) is 4.64. The first-order valence-corrected chi connectivity index (χ1v) is 4.84. The summed E-state index contributed by atoms with van der Waals surface area (Å²) in [5.74, 6) is -0.611. The lowest BCUT2D eigenvalue weighted by molar-refractivity contribution is -0.138. The second-order valence-electron chi connectivity index (χ2n) is 3.01. The number of hydrogen-bond acceptors (Lipinski definition) is 3. The third-order valence-corrected chi connectivity index (χ3v) is 1.16. The molecule has 14 heavy (non-hydrogen) atoms. The number of carbonyl (C=O) groups is 1. The van der Waals surface area contributed by atoms with E-state index >= 15 is 0 Å². The van der Waals surface area contributed by atoms with E-state index in [0.29, 0.717) is 6.79 Å². The molecule has 0 aromatic rings. The second-order valence-corrected chi connectivity index (χ2v) is 3.01. The molecule has 86 valence electrons. The molecule has 0 radical (unpaired) electrons. The zero-order valence-electron chi connectivity index (χ0n) is 9.58. The first-order valence-electron chi connectivity index (χ1n) is 4.84. The molecule has 0 aromatic carbocycles. The van der Waals surface area contributed by atoms with E-state index in [1.54, 1.807) is 14.2 Å². The summed E-state index contributed by atoms with van der Waals surface area (Å²) in [6, 6.07) is 0. The average molecular weight is 206 g/mol. The zero-order chi connectivity index (χ0) is 11.4. The van der Waals surface area contributed by atoms with Gasteiger partial charge in [-0.25, -0.2) is 0 Å². The molecule has 0 unspecified atom stereocenters. The van der Waals surface area contributed by atoms with Gasteiger partial charge in [-0.05, 0) is 12.8 Å². The minimum Gasteiger partial charge on any atom is -0.481 e. The highest BCUT2D eigenvalue weighted by atomic mass is 16.6. The summed E-state index contributed by atoms with van der Waals surface area (Å²) in [4.78, 5) is 9.76. The van der Waals surface area contributed by atoms with Crippen molar-refractivity contribution in [2.45, 2.75) is 33.1 Å². The van der Waals surface area contributed by atoms with Crippen LogP contribution in [-0.2, 0) is 14.3 Å². The van der Waals surface area contributed by atoms with Gasteiger partial charge in [0.25, 0.3) is 0 Å². The Balaban J connectivity index is 0. The monoisotopic (exact) mass is 206 g/mol. The summed E-state index contributed by atoms with van der Waals surface area (Å²) in [7, 11) is 3.17. The second kappa shape index (κ2) is 12.4. The Labute approximate surface area is 86.2 Å². The summed E-state index contributed by atoms with van der Waals surface area (Å²) in [5.41, 5.74) is 0. The molecule has 0 aliphatic heterocycles. The standard InChI is InChI=1S/C4H6O2.C3H8O2.C3H8/c5-4(6)3-1-2-3;1-4-3-5-2;1-3-2/h3H,1-2H2,(H,5,6);3H2,1-2H3;3H2,1-2H3. The van der Waals surface area contributed by atoms with Crippen LogP contribution in [0.15, 0.2) is 0 Å². The topological polar surface area (TPSA) is 55.8 Å². The number of carboxylic acids is 1. The van der Waals surface area contributed by atoms with E-state index in [1.807, 2.05) is 0 Å². The van der Waals surface area contributed by atoms with E-state index in [0.717, 1.165) is 12.8 Å². The van der Waals surface area contributed by atoms with E-state index in [1.165, 1.54) is 6.42 Å². The van der Waals surface area contributed by atoms with E-state index in [-0.39, 0.29) is 5.92 Å². The van der Waals surface area contributed by atoms with Crippen LogP contribution in [0.5, 0.6) is 0 Å². The number of rotatable bonds is 3. The van der Waals surface area contributed by atoms with Crippen LogP contribution in [0.3, 0.4) is 0 Å². The smallest absolute Gasteiger partial charge is 0.306 e. The molecule has 0 heterocycles. The van der Waals surface area contributed by atoms with Crippen molar-refractivity contribution >= 4 is 5.97 Å². The van der Waals surface area contributed by atoms with Crippen LogP contribution < -0.4 is 0 Å². The molecule has 0 spiro atoms. The van der Waals surface area contributed by atoms with Crippen LogP contribution in [0, 0.1) is 5.92 Å². The van der Waals surface area contributed by atoms with Crippen molar-refractivity contribution in [3.05, 3.63) is 0 Å². The van der Waals surface area contributed by atoms with E-state index < -0.39 is 5.97 Å². The normalized spacial score (nSPS) is 13.1. The number of methoxy groups -OCH3 is 2. The lowest BCUT2D eigenvalue weighted by Crippen LogP contribution is -1.94. The molecular weight excluding hydrogens is 184 g/mol. The minimum absolute atomic E-state index is 0.0185. The van der Waals surface area contributed by atoms with Crippen molar-refractivity contribution in [1.29, 1.82) is 0 Å². The van der Waals surface area contributed by atoms with Crippen molar-refractivity contribution in [3.63, 3.8) is 0 Å². The van der Waals surface area contributed by atoms with Gasteiger partial charge in [0.05, 0.1) is 5.92 Å². The largest absolute Gasteiger partial charge is 0.481 e. The SMILES string of the molecule is CCC.COCOC.O=C(O)C1CC1. The molecule has 0 aromatic heterocycles. The van der Waals surface area contributed by atoms with Crippen molar-refractivity contribution in [2.24, 2.45) is 5.92 Å². The maximum atomic E-state index is 9.76. The van der Waals surface area contributed by atoms with Gasteiger partial charge in [-0.3, -0.25) is 4.79 Å². The Morgan fingerprint density at radius 1 is 1.29 bits per heavy atom. The third kappa shape index (κ3) is 17.5. The summed E-state index contributed by atoms with van der Waals surface area (Å²) in [5, 5.41) is 8.05. The fourth-order valence-electron chi connectivity index (χ4n) is 0.448. The Hall–Kier alpha value is -0.610. The number of aliphatic carboxylic acids is 1. The third-order valence-electron chi connectivity index (χ3n) is 1.16. The van der Waals surface area contributed by atoms with Crippen LogP contribution in [0.4, 0.5) is 0 Å². The van der Waals surface area contributed by atoms with Crippen molar-refractivity contribution in [2.75, 3.05) is 21.0 Å². The molecular formula is C10H22O4. The molecule has 1 rings (SSSR count). The van der Waals surface area contributed by atoms with E-state index in [4.69, 9.17) is 5.11 Å². The van der Waals surface area contributed by atoms with Gasteiger partial charge in [0.15, 0.2) is 0 Å². The number of hydrogen-bond donors (Lipinski definition) is 1. The molecule has 0 bridgehead atoms. The van der Waals surface area contributed by atoms with Gasteiger partial charge in [-0.1, -0.05) is 20.3 Å². The summed E-state index contributed by atoms with van der Waals surface area (Å²) >= 11 is 0. The molecule has 0 amide bonds. The van der Waals surface area contributed by atoms with Crippen LogP contribution >= 0.6 is 0 Å². The van der Waals surface area contributed by atoms with Crippen LogP contribution in [0.2, 0.25) is 0 Å². The molecule has 1 N–H and O–H groups in total. The molecule has 4 nitrogen and oxygen atoms in total. The Bertz CT molecular complexity index is 119. The molecule has 1 saturated carbocycles. The summed E-state index contributed by atoms with van der Waals surface area (Å²) in [6.07, 6.45) is 3.05. The van der Waals surface area contributed by atoms with E-state index in [9.17, 15) is 4.79 Å². The maximum Gasteiger partial charge on any atom is 0.306 e. The van der Waals surface area contributed by atoms with Crippen LogP contribution in [-0.4, -0.2) is 32.1 Å². The number of ether oxygens (including phenoxy) is 2. The zero-order valence-corrected chi connectivity index (χ0v) is 9.58. The van der Waals surface area contributed by atoms with Gasteiger partial charge in [-0.2, -0.15) is 0 Å². The average Bonchev–Trinajstić information content (AvgIpc) is 2.90. The van der Waals surface area contributed by atoms with Crippen LogP contribution in [0.25, 0.3) is 0 Å². The molecule has 0 saturated heterocycles. The predicted molar refractivity (Wildman–Crippen MR) is 55.2 cm³/mol. The quantitative estimate of drug-likeness (QED) is 0.719. The van der Waals surface area contributed by atoms with Gasteiger partial charge >= 0.3 is 5.97 Å². The Kier molecular flexibility index (Phi) is 14.0. The van der Waals surface area contributed by atoms with Gasteiger partial charge in [0.2, 0.25) is 0 Å². The van der Waals surface area contributed by atoms with Crippen molar-refractivity contribution in [1.82, 2.24) is 0 Å². The number of carboxylic acid groups (broad SMARTS) is 1. The van der Waals surface area contributed by atoms with E-state index in [2.05, 4.69) is 23.3 Å². The van der Waals surface area contributed by atoms with Gasteiger partial charge in [-0.15, -0.1) is 0 Å². The van der Waals surface area contributed by atoms with Gasteiger partial charge in [0.1, 0.15) is 6.79 Å². The van der Waals surface area contributed by atoms with Gasteiger partial charge < -0.3 is 14.6 Å². The summed E-state index contributed by atoms with van der Waals surface area (Å²) < 4.78 is 8.94. The molecule has 1 fully saturated rings. The first-order chi connectivity index (χ1) is 6.63. The molecule has 1 aliphatic carbocycles. The lowest BCUT2D eigenvalue weighted by Gasteiger charge is -1.87. The van der Waals surface area contributed by atoms with Crippen molar-refractivity contribution < 1.29 is 19.4 Å². The maximum absolute atomic E-state index is 9.76.